The molecule has 7 heterocycles. The van der Waals surface area contributed by atoms with E-state index in [2.05, 4.69) is 38.2 Å². The highest BCUT2D eigenvalue weighted by Gasteiger charge is 2.67. The van der Waals surface area contributed by atoms with Crippen molar-refractivity contribution in [1.29, 1.82) is 0 Å². The number of aromatic nitrogens is 2. The fourth-order valence-corrected chi connectivity index (χ4v) is 12.5. The van der Waals surface area contributed by atoms with E-state index in [9.17, 15) is 20.1 Å². The number of piperidine rings is 1. The number of quaternary nitrogens is 1. The van der Waals surface area contributed by atoms with Gasteiger partial charge in [0.1, 0.15) is 36.0 Å². The SMILES string of the molecule is CNC[C@@]12CCC3C4=CC=NC4=C[NH+]3[C@H]1NC(=NCCCc1ccnc(N)c1)N[C@@]21CCC[C@H](Oc2cc(CC[C@H]3C[C@@H](OC(C)=O)C[C@@H](c4cc(O)c(O)c(OCCc5cccnc5)c4)O3)ccc2O)C1. The predicted molar refractivity (Wildman–Crippen MR) is 272 cm³/mol. The van der Waals surface area contributed by atoms with E-state index in [0.29, 0.717) is 61.8 Å². The zero-order valence-corrected chi connectivity index (χ0v) is 41.2. The van der Waals surface area contributed by atoms with Gasteiger partial charge in [0.2, 0.25) is 5.75 Å². The number of rotatable bonds is 17. The van der Waals surface area contributed by atoms with Gasteiger partial charge in [-0.3, -0.25) is 24.7 Å². The highest BCUT2D eigenvalue weighted by Crippen LogP contribution is 2.52. The number of ether oxygens (including phenoxy) is 4. The molecule has 0 radical (unpaired) electrons. The number of hydrogen-bond acceptors (Lipinski definition) is 14. The minimum absolute atomic E-state index is 0.0217. The summed E-state index contributed by atoms with van der Waals surface area (Å²) in [6.45, 7) is 3.09. The molecule has 1 aliphatic carbocycles. The molecule has 6 aliphatic rings. The van der Waals surface area contributed by atoms with Crippen LogP contribution in [0.15, 0.2) is 107 Å². The van der Waals surface area contributed by atoms with Crippen molar-refractivity contribution in [2.75, 3.05) is 32.5 Å². The lowest BCUT2D eigenvalue weighted by Crippen LogP contribution is -3.21. The predicted octanol–water partition coefficient (Wildman–Crippen LogP) is 5.27. The number of allylic oxidation sites excluding steroid dienone is 1. The maximum Gasteiger partial charge on any atom is 0.302 e. The lowest BCUT2D eigenvalue weighted by Gasteiger charge is -2.62. The zero-order valence-electron chi connectivity index (χ0n) is 41.2. The molecule has 2 aromatic carbocycles. The first-order valence-electron chi connectivity index (χ1n) is 25.6. The average Bonchev–Trinajstić information content (AvgIpc) is 3.98. The van der Waals surface area contributed by atoms with Crippen LogP contribution in [-0.2, 0) is 33.5 Å². The summed E-state index contributed by atoms with van der Waals surface area (Å²) in [6, 6.07) is 16.8. The van der Waals surface area contributed by atoms with Gasteiger partial charge < -0.3 is 56.0 Å². The molecule has 10 rings (SSSR count). The lowest BCUT2D eigenvalue weighted by atomic mass is 9.55. The third-order valence-corrected chi connectivity index (χ3v) is 15.7. The number of nitrogen functional groups attached to an aromatic ring is 1. The van der Waals surface area contributed by atoms with E-state index in [1.165, 1.54) is 23.5 Å². The van der Waals surface area contributed by atoms with Crippen molar-refractivity contribution in [2.24, 2.45) is 15.4 Å². The van der Waals surface area contributed by atoms with Crippen LogP contribution in [0.3, 0.4) is 0 Å². The number of anilines is 1. The number of carbonyl (C=O) groups is 1. The van der Waals surface area contributed by atoms with Crippen molar-refractivity contribution in [3.8, 4) is 28.7 Å². The largest absolute Gasteiger partial charge is 0.504 e. The van der Waals surface area contributed by atoms with Crippen LogP contribution in [0.4, 0.5) is 5.82 Å². The van der Waals surface area contributed by atoms with Gasteiger partial charge in [0.25, 0.3) is 0 Å². The van der Waals surface area contributed by atoms with Crippen LogP contribution in [-0.4, -0.2) is 106 Å². The Balaban J connectivity index is 0.846. The number of phenols is 3. The number of nitrogens with two attached hydrogens (primary N) is 1. The molecule has 9 N–H and O–H groups in total. The van der Waals surface area contributed by atoms with Crippen molar-refractivity contribution >= 4 is 24.0 Å². The van der Waals surface area contributed by atoms with Gasteiger partial charge in [0, 0.05) is 82.5 Å². The summed E-state index contributed by atoms with van der Waals surface area (Å²) in [4.78, 5) is 31.9. The van der Waals surface area contributed by atoms with E-state index in [4.69, 9.17) is 34.7 Å². The van der Waals surface area contributed by atoms with Crippen LogP contribution >= 0.6 is 0 Å². The molecule has 3 saturated heterocycles. The summed E-state index contributed by atoms with van der Waals surface area (Å²) < 4.78 is 25.3. The number of phenolic OH excluding ortho intramolecular Hbond substituents is 3. The number of carbonyl (C=O) groups excluding carboxylic acids is 1. The van der Waals surface area contributed by atoms with E-state index in [0.717, 1.165) is 86.3 Å². The molecule has 9 atom stereocenters. The summed E-state index contributed by atoms with van der Waals surface area (Å²) in [7, 11) is 2.05. The molecule has 0 bridgehead atoms. The van der Waals surface area contributed by atoms with Crippen LogP contribution in [0.25, 0.3) is 0 Å². The minimum atomic E-state index is -0.548. The maximum atomic E-state index is 12.3. The topological polar surface area (TPSA) is 232 Å². The summed E-state index contributed by atoms with van der Waals surface area (Å²) in [5, 5.41) is 44.5. The van der Waals surface area contributed by atoms with Crippen molar-refractivity contribution < 1.29 is 44.0 Å². The Morgan fingerprint density at radius 3 is 2.71 bits per heavy atom. The summed E-state index contributed by atoms with van der Waals surface area (Å²) in [5.41, 5.74) is 11.5. The highest BCUT2D eigenvalue weighted by atomic mass is 16.6. The summed E-state index contributed by atoms with van der Waals surface area (Å²) >= 11 is 0. The molecule has 17 nitrogen and oxygen atoms in total. The molecule has 0 amide bonds. The van der Waals surface area contributed by atoms with Crippen molar-refractivity contribution in [3.05, 3.63) is 119 Å². The number of guanidine groups is 1. The Bertz CT molecular complexity index is 2730. The molecule has 4 aromatic rings. The molecule has 4 fully saturated rings. The Morgan fingerprint density at radius 2 is 1.88 bits per heavy atom. The van der Waals surface area contributed by atoms with E-state index in [1.807, 2.05) is 49.7 Å². The molecular weight excluding hydrogens is 915 g/mol. The van der Waals surface area contributed by atoms with Crippen LogP contribution in [0.2, 0.25) is 0 Å². The second kappa shape index (κ2) is 21.2. The molecule has 1 saturated carbocycles. The van der Waals surface area contributed by atoms with Gasteiger partial charge in [-0.2, -0.15) is 0 Å². The van der Waals surface area contributed by atoms with E-state index >= 15 is 0 Å². The van der Waals surface area contributed by atoms with Crippen LogP contribution in [0.5, 0.6) is 28.7 Å². The van der Waals surface area contributed by atoms with Gasteiger partial charge in [-0.1, -0.05) is 12.1 Å². The highest BCUT2D eigenvalue weighted by molar-refractivity contribution is 5.83. The van der Waals surface area contributed by atoms with Gasteiger partial charge in [-0.05, 0) is 129 Å². The van der Waals surface area contributed by atoms with Crippen LogP contribution < -0.4 is 36.1 Å². The molecule has 17 heteroatoms. The minimum Gasteiger partial charge on any atom is -0.504 e. The van der Waals surface area contributed by atoms with E-state index in [1.54, 1.807) is 30.7 Å². The number of benzene rings is 2. The fraction of sp³-hybridized carbons (Fsp3) is 0.473. The number of hydrogen-bond donors (Lipinski definition) is 8. The number of nitrogens with zero attached hydrogens (tertiary/aromatic N) is 4. The average molecular weight is 983 g/mol. The van der Waals surface area contributed by atoms with E-state index in [-0.39, 0.29) is 64.9 Å². The van der Waals surface area contributed by atoms with Gasteiger partial charge in [-0.25, -0.2) is 4.98 Å². The first-order chi connectivity index (χ1) is 35.0. The number of aliphatic imine (C=N–C) groups is 2. The number of aryl methyl sites for hydroxylation is 2. The smallest absolute Gasteiger partial charge is 0.302 e. The molecular formula is C55H68N9O8+. The quantitative estimate of drug-likeness (QED) is 0.0383. The monoisotopic (exact) mass is 983 g/mol. The van der Waals surface area contributed by atoms with Crippen molar-refractivity contribution in [2.45, 2.75) is 133 Å². The van der Waals surface area contributed by atoms with Gasteiger partial charge in [0.15, 0.2) is 35.1 Å². The van der Waals surface area contributed by atoms with Crippen LogP contribution in [0.1, 0.15) is 99.5 Å². The molecule has 5 aliphatic heterocycles. The molecule has 2 aromatic heterocycles. The number of pyridine rings is 2. The number of nitrogens with one attached hydrogen (secondary N) is 4. The van der Waals surface area contributed by atoms with Crippen LogP contribution in [0, 0.1) is 5.41 Å². The summed E-state index contributed by atoms with van der Waals surface area (Å²) in [6.07, 6.45) is 20.0. The normalized spacial score (nSPS) is 28.8. The lowest BCUT2D eigenvalue weighted by molar-refractivity contribution is -0.910. The standard InChI is InChI=1S/C55H67N9O8/c1-34(65)70-41-28-39(71-47(29-41)38-26-46(67)51(68)49(27-38)69-23-16-37-7-4-19-58-31-37)11-9-36-10-12-45(66)48(24-36)72-40-8-3-17-55(30-40)54(33-57-2)18-13-44-42-15-22-59-43(42)32-64(44)52(54)62-53(63-55)61-20-5-6-35-14-21-60-50(56)25-35/h4,7,10,12,14-15,19,21-22,24-27,31-32,39-41,44,47,52,57,66-68H,3,5-6,8-9,11,13,16-18,20,23,28-30,33H2,1-2H3,(H2,56,60)(H2,61,62,63)/p+1/t39-,40-,41+,44?,47-,52+,54-,55+/m0/s1. The van der Waals surface area contributed by atoms with E-state index < -0.39 is 12.2 Å². The first kappa shape index (κ1) is 48.9. The number of esters is 1. The Morgan fingerprint density at radius 1 is 0.986 bits per heavy atom. The second-order valence-corrected chi connectivity index (χ2v) is 20.4. The summed E-state index contributed by atoms with van der Waals surface area (Å²) in [5.74, 6) is 0.937. The first-order valence-corrected chi connectivity index (χ1v) is 25.6. The van der Waals surface area contributed by atoms with Gasteiger partial charge in [0.05, 0.1) is 29.8 Å². The third kappa shape index (κ3) is 10.3. The Labute approximate surface area is 420 Å². The molecule has 2 unspecified atom stereocenters. The fourth-order valence-electron chi connectivity index (χ4n) is 12.5. The third-order valence-electron chi connectivity index (χ3n) is 15.7. The second-order valence-electron chi connectivity index (χ2n) is 20.4. The zero-order chi connectivity index (χ0) is 49.8. The van der Waals surface area contributed by atoms with Crippen molar-refractivity contribution in [3.63, 3.8) is 0 Å². The molecule has 380 valence electrons. The van der Waals surface area contributed by atoms with Crippen molar-refractivity contribution in [1.82, 2.24) is 25.9 Å². The number of aromatic hydroxyl groups is 3. The Kier molecular flexibility index (Phi) is 14.4. The molecule has 1 spiro atoms. The molecule has 72 heavy (non-hydrogen) atoms. The van der Waals surface area contributed by atoms with Gasteiger partial charge >= 0.3 is 5.97 Å². The van der Waals surface area contributed by atoms with Gasteiger partial charge in [-0.15, -0.1) is 0 Å². The Hall–Kier alpha value is -6.69. The number of fused-ring (bicyclic) bond motifs is 6. The maximum absolute atomic E-state index is 12.3.